The number of imidazole rings is 1. The van der Waals surface area contributed by atoms with Crippen LogP contribution in [-0.2, 0) is 10.0 Å². The van der Waals surface area contributed by atoms with Gasteiger partial charge in [0.2, 0.25) is 10.0 Å². The minimum absolute atomic E-state index is 0.0921. The lowest BCUT2D eigenvalue weighted by Crippen LogP contribution is -2.29. The van der Waals surface area contributed by atoms with Gasteiger partial charge in [-0.15, -0.1) is 0 Å². The fourth-order valence-corrected chi connectivity index (χ4v) is 5.66. The zero-order chi connectivity index (χ0) is 20.9. The minimum atomic E-state index is -3.65. The van der Waals surface area contributed by atoms with Gasteiger partial charge in [0, 0.05) is 24.3 Å². The van der Waals surface area contributed by atoms with Crippen LogP contribution >= 0.6 is 11.6 Å². The second-order valence-corrected chi connectivity index (χ2v) is 9.73. The molecule has 1 saturated heterocycles. The van der Waals surface area contributed by atoms with Crippen LogP contribution in [0.2, 0.25) is 5.02 Å². The lowest BCUT2D eigenvalue weighted by Gasteiger charge is -2.19. The van der Waals surface area contributed by atoms with Crippen molar-refractivity contribution in [3.8, 4) is 11.4 Å². The smallest absolute Gasteiger partial charge is 0.243 e. The molecule has 0 bridgehead atoms. The summed E-state index contributed by atoms with van der Waals surface area (Å²) in [5.41, 5.74) is 3.17. The second kappa shape index (κ2) is 7.23. The summed E-state index contributed by atoms with van der Waals surface area (Å²) >= 11 is 6.17. The quantitative estimate of drug-likeness (QED) is 0.471. The maximum Gasteiger partial charge on any atom is 0.243 e. The van der Waals surface area contributed by atoms with Crippen molar-refractivity contribution in [3.63, 3.8) is 0 Å². The van der Waals surface area contributed by atoms with Gasteiger partial charge in [-0.3, -0.25) is 0 Å². The molecule has 0 radical (unpaired) electrons. The van der Waals surface area contributed by atoms with Crippen molar-refractivity contribution in [1.82, 2.24) is 18.8 Å². The third kappa shape index (κ3) is 3.12. The van der Waals surface area contributed by atoms with E-state index in [0.717, 1.165) is 28.1 Å². The molecule has 4 aromatic rings. The average Bonchev–Trinajstić information content (AvgIpc) is 3.48. The Morgan fingerprint density at radius 2 is 2.10 bits per heavy atom. The molecule has 0 unspecified atom stereocenters. The Morgan fingerprint density at radius 3 is 2.87 bits per heavy atom. The van der Waals surface area contributed by atoms with Crippen LogP contribution < -0.4 is 0 Å². The van der Waals surface area contributed by atoms with Crippen molar-refractivity contribution in [1.29, 1.82) is 0 Å². The van der Waals surface area contributed by atoms with Crippen molar-refractivity contribution in [2.24, 2.45) is 0 Å². The number of hydrogen-bond donors (Lipinski definition) is 0. The Balaban J connectivity index is 1.53. The number of benzene rings is 1. The van der Waals surface area contributed by atoms with E-state index in [0.29, 0.717) is 24.5 Å². The van der Waals surface area contributed by atoms with Gasteiger partial charge in [0.25, 0.3) is 0 Å². The standard InChI is InChI=1S/C21H19ClN4O3S/c1-14-4-5-17(11-18(14)22)30(27,28)25-9-6-16(12-25)26-20(15-7-10-29-13-15)24-19-3-2-8-23-21(19)26/h2-5,7-8,10-11,13,16H,6,9,12H2,1H3/t16-/m0/s1. The molecule has 5 rings (SSSR count). The molecule has 3 aromatic heterocycles. The summed E-state index contributed by atoms with van der Waals surface area (Å²) < 4.78 is 35.2. The van der Waals surface area contributed by atoms with Crippen molar-refractivity contribution in [2.75, 3.05) is 13.1 Å². The van der Waals surface area contributed by atoms with Crippen LogP contribution in [0, 0.1) is 6.92 Å². The number of aromatic nitrogens is 3. The summed E-state index contributed by atoms with van der Waals surface area (Å²) in [6, 6.07) is 10.3. The molecule has 1 aliphatic rings. The molecule has 154 valence electrons. The van der Waals surface area contributed by atoms with E-state index in [1.807, 2.05) is 29.7 Å². The Labute approximate surface area is 179 Å². The van der Waals surface area contributed by atoms with E-state index in [2.05, 4.69) is 4.98 Å². The van der Waals surface area contributed by atoms with E-state index in [9.17, 15) is 8.42 Å². The van der Waals surface area contributed by atoms with Gasteiger partial charge in [-0.1, -0.05) is 17.7 Å². The summed E-state index contributed by atoms with van der Waals surface area (Å²) in [6.45, 7) is 2.59. The number of pyridine rings is 1. The first-order valence-corrected chi connectivity index (χ1v) is 11.4. The highest BCUT2D eigenvalue weighted by Crippen LogP contribution is 2.34. The molecule has 0 aliphatic carbocycles. The summed E-state index contributed by atoms with van der Waals surface area (Å²) in [5, 5.41) is 0.443. The molecule has 0 N–H and O–H groups in total. The average molecular weight is 443 g/mol. The molecule has 7 nitrogen and oxygen atoms in total. The van der Waals surface area contributed by atoms with Gasteiger partial charge in [0.15, 0.2) is 5.65 Å². The third-order valence-corrected chi connectivity index (χ3v) is 7.77. The zero-order valence-corrected chi connectivity index (χ0v) is 17.8. The monoisotopic (exact) mass is 442 g/mol. The van der Waals surface area contributed by atoms with E-state index in [1.54, 1.807) is 30.9 Å². The molecule has 9 heteroatoms. The van der Waals surface area contributed by atoms with E-state index in [1.165, 1.54) is 10.4 Å². The molecule has 1 aliphatic heterocycles. The first-order valence-electron chi connectivity index (χ1n) is 9.57. The number of halogens is 1. The van der Waals surface area contributed by atoms with Crippen LogP contribution in [0.4, 0.5) is 0 Å². The third-order valence-electron chi connectivity index (χ3n) is 5.50. The molecule has 4 heterocycles. The molecular formula is C21H19ClN4O3S. The summed E-state index contributed by atoms with van der Waals surface area (Å²) in [4.78, 5) is 9.44. The Bertz CT molecular complexity index is 1330. The van der Waals surface area contributed by atoms with Gasteiger partial charge < -0.3 is 8.98 Å². The maximum absolute atomic E-state index is 13.2. The molecule has 1 atom stereocenters. The Kier molecular flexibility index (Phi) is 4.65. The van der Waals surface area contributed by atoms with Crippen molar-refractivity contribution < 1.29 is 12.8 Å². The molecular weight excluding hydrogens is 424 g/mol. The zero-order valence-electron chi connectivity index (χ0n) is 16.2. The highest BCUT2D eigenvalue weighted by atomic mass is 35.5. The number of rotatable bonds is 4. The number of fused-ring (bicyclic) bond motifs is 1. The molecule has 30 heavy (non-hydrogen) atoms. The first kappa shape index (κ1) is 19.3. The van der Waals surface area contributed by atoms with Gasteiger partial charge >= 0.3 is 0 Å². The van der Waals surface area contributed by atoms with Gasteiger partial charge in [0.05, 0.1) is 22.8 Å². The predicted octanol–water partition coefficient (Wildman–Crippen LogP) is 4.29. The Hall–Kier alpha value is -2.68. The number of furan rings is 1. The van der Waals surface area contributed by atoms with Gasteiger partial charge in [0.1, 0.15) is 17.6 Å². The van der Waals surface area contributed by atoms with Crippen LogP contribution in [-0.4, -0.2) is 40.3 Å². The topological polar surface area (TPSA) is 81.2 Å². The molecule has 1 aromatic carbocycles. The largest absolute Gasteiger partial charge is 0.472 e. The highest BCUT2D eigenvalue weighted by Gasteiger charge is 2.35. The number of aryl methyl sites for hydroxylation is 1. The summed E-state index contributed by atoms with van der Waals surface area (Å²) in [6.07, 6.45) is 5.61. The molecule has 1 fully saturated rings. The SMILES string of the molecule is Cc1ccc(S(=O)(=O)N2CC[C@H](n3c(-c4ccoc4)nc4cccnc43)C2)cc1Cl. The second-order valence-electron chi connectivity index (χ2n) is 7.38. The number of hydrogen-bond acceptors (Lipinski definition) is 5. The van der Waals surface area contributed by atoms with E-state index in [-0.39, 0.29) is 10.9 Å². The van der Waals surface area contributed by atoms with E-state index in [4.69, 9.17) is 21.0 Å². The van der Waals surface area contributed by atoms with Crippen LogP contribution in [0.1, 0.15) is 18.0 Å². The highest BCUT2D eigenvalue weighted by molar-refractivity contribution is 7.89. The van der Waals surface area contributed by atoms with Gasteiger partial charge in [-0.05, 0) is 49.2 Å². The number of nitrogens with zero attached hydrogens (tertiary/aromatic N) is 4. The van der Waals surface area contributed by atoms with Gasteiger partial charge in [-0.25, -0.2) is 18.4 Å². The Morgan fingerprint density at radius 1 is 1.23 bits per heavy atom. The molecule has 0 amide bonds. The van der Waals surface area contributed by atoms with Crippen LogP contribution in [0.5, 0.6) is 0 Å². The van der Waals surface area contributed by atoms with E-state index < -0.39 is 10.0 Å². The van der Waals surface area contributed by atoms with Crippen molar-refractivity contribution >= 4 is 32.8 Å². The van der Waals surface area contributed by atoms with E-state index >= 15 is 0 Å². The summed E-state index contributed by atoms with van der Waals surface area (Å²) in [7, 11) is -3.65. The van der Waals surface area contributed by atoms with Gasteiger partial charge in [-0.2, -0.15) is 4.31 Å². The van der Waals surface area contributed by atoms with Crippen LogP contribution in [0.15, 0.2) is 64.4 Å². The van der Waals surface area contributed by atoms with Crippen LogP contribution in [0.3, 0.4) is 0 Å². The fourth-order valence-electron chi connectivity index (χ4n) is 3.89. The summed E-state index contributed by atoms with van der Waals surface area (Å²) in [5.74, 6) is 0.722. The first-order chi connectivity index (χ1) is 14.4. The normalized spacial score (nSPS) is 17.7. The lowest BCUT2D eigenvalue weighted by atomic mass is 10.2. The lowest BCUT2D eigenvalue weighted by molar-refractivity contribution is 0.455. The molecule has 0 spiro atoms. The minimum Gasteiger partial charge on any atom is -0.472 e. The predicted molar refractivity (Wildman–Crippen MR) is 114 cm³/mol. The van der Waals surface area contributed by atoms with Crippen LogP contribution in [0.25, 0.3) is 22.6 Å². The number of sulfonamides is 1. The maximum atomic E-state index is 13.2. The molecule has 0 saturated carbocycles. The fraction of sp³-hybridized carbons (Fsp3) is 0.238. The van der Waals surface area contributed by atoms with Crippen molar-refractivity contribution in [3.05, 3.63) is 65.7 Å². The van der Waals surface area contributed by atoms with Crippen molar-refractivity contribution in [2.45, 2.75) is 24.3 Å².